The van der Waals surface area contributed by atoms with Gasteiger partial charge in [-0.25, -0.2) is 4.79 Å². The van der Waals surface area contributed by atoms with Gasteiger partial charge in [-0.05, 0) is 74.3 Å². The van der Waals surface area contributed by atoms with Crippen LogP contribution in [0, 0.1) is 5.92 Å². The largest absolute Gasteiger partial charge is 0.493 e. The van der Waals surface area contributed by atoms with Gasteiger partial charge in [0, 0.05) is 23.1 Å². The first-order valence-corrected chi connectivity index (χ1v) is 13.2. The van der Waals surface area contributed by atoms with E-state index in [1.165, 1.54) is 0 Å². The van der Waals surface area contributed by atoms with Crippen molar-refractivity contribution in [2.45, 2.75) is 25.6 Å². The molecule has 2 heterocycles. The standard InChI is InChI=1S/C24H30N2O4.C7H6O2/c27-15-19-13-22-23(25-19)7-4-8-24(22)30-17-20(28)14-26-11-9-18(10-12-26)16-29-21-5-2-1-3-6-21;8-7(9)6-4-2-1-3-5-6/h1-8,13,18,20,25,27-28H,9-12,14-17H2;1-5H,(H,8,9). The summed E-state index contributed by atoms with van der Waals surface area (Å²) in [6.07, 6.45) is 1.61. The summed E-state index contributed by atoms with van der Waals surface area (Å²) in [7, 11) is 0. The first-order chi connectivity index (χ1) is 19.0. The van der Waals surface area contributed by atoms with Crippen molar-refractivity contribution in [3.05, 3.63) is 96.2 Å². The number of hydrogen-bond acceptors (Lipinski definition) is 6. The van der Waals surface area contributed by atoms with Gasteiger partial charge in [0.25, 0.3) is 0 Å². The zero-order valence-electron chi connectivity index (χ0n) is 21.9. The van der Waals surface area contributed by atoms with Gasteiger partial charge in [0.15, 0.2) is 0 Å². The van der Waals surface area contributed by atoms with Crippen LogP contribution in [-0.2, 0) is 6.61 Å². The molecule has 8 heteroatoms. The van der Waals surface area contributed by atoms with Crippen LogP contribution in [0.3, 0.4) is 0 Å². The number of nitrogens with zero attached hydrogens (tertiary/aromatic N) is 1. The zero-order valence-corrected chi connectivity index (χ0v) is 21.9. The molecule has 4 N–H and O–H groups in total. The second-order valence-corrected chi connectivity index (χ2v) is 9.67. The summed E-state index contributed by atoms with van der Waals surface area (Å²) in [6, 6.07) is 25.9. The van der Waals surface area contributed by atoms with E-state index in [9.17, 15) is 15.0 Å². The summed E-state index contributed by atoms with van der Waals surface area (Å²) in [5.41, 5.74) is 2.00. The summed E-state index contributed by atoms with van der Waals surface area (Å²) in [4.78, 5) is 15.7. The molecule has 0 radical (unpaired) electrons. The maximum atomic E-state index is 10.5. The Kier molecular flexibility index (Phi) is 10.4. The number of likely N-dealkylation sites (tertiary alicyclic amines) is 1. The van der Waals surface area contributed by atoms with Crippen LogP contribution >= 0.6 is 0 Å². The van der Waals surface area contributed by atoms with Gasteiger partial charge in [0.05, 0.1) is 18.8 Å². The first-order valence-electron chi connectivity index (χ1n) is 13.2. The Morgan fingerprint density at radius 2 is 1.64 bits per heavy atom. The number of para-hydroxylation sites is 1. The normalized spacial score (nSPS) is 14.8. The fourth-order valence-corrected chi connectivity index (χ4v) is 4.58. The number of aromatic amines is 1. The average molecular weight is 533 g/mol. The topological polar surface area (TPSA) is 115 Å². The number of aromatic nitrogens is 1. The Bertz CT molecular complexity index is 1290. The summed E-state index contributed by atoms with van der Waals surface area (Å²) in [5, 5.41) is 29.1. The molecule has 0 aliphatic carbocycles. The van der Waals surface area contributed by atoms with Crippen LogP contribution in [0.2, 0.25) is 0 Å². The number of H-pyrrole nitrogens is 1. The van der Waals surface area contributed by atoms with E-state index in [-0.39, 0.29) is 13.2 Å². The lowest BCUT2D eigenvalue weighted by Gasteiger charge is -2.33. The number of hydrogen-bond donors (Lipinski definition) is 4. The van der Waals surface area contributed by atoms with Crippen molar-refractivity contribution in [2.75, 3.05) is 32.8 Å². The number of rotatable bonds is 10. The van der Waals surface area contributed by atoms with Crippen LogP contribution in [0.4, 0.5) is 0 Å². The SMILES string of the molecule is O=C(O)c1ccccc1.OCc1cc2c(OCC(O)CN3CCC(COc4ccccc4)CC3)cccc2[nH]1. The van der Waals surface area contributed by atoms with Crippen LogP contribution in [0.1, 0.15) is 28.9 Å². The summed E-state index contributed by atoms with van der Waals surface area (Å²) in [5.74, 6) is 1.33. The predicted molar refractivity (Wildman–Crippen MR) is 150 cm³/mol. The molecule has 0 saturated carbocycles. The Balaban J connectivity index is 0.000000333. The van der Waals surface area contributed by atoms with Gasteiger partial charge in [-0.2, -0.15) is 0 Å². The molecule has 206 valence electrons. The van der Waals surface area contributed by atoms with Crippen molar-refractivity contribution in [3.8, 4) is 11.5 Å². The Labute approximate surface area is 228 Å². The summed E-state index contributed by atoms with van der Waals surface area (Å²) in [6.45, 7) is 3.50. The van der Waals surface area contributed by atoms with E-state index in [4.69, 9.17) is 14.6 Å². The molecular weight excluding hydrogens is 496 g/mol. The molecule has 39 heavy (non-hydrogen) atoms. The monoisotopic (exact) mass is 532 g/mol. The fourth-order valence-electron chi connectivity index (χ4n) is 4.58. The second kappa shape index (κ2) is 14.3. The molecule has 1 aliphatic rings. The number of carbonyl (C=O) groups is 1. The van der Waals surface area contributed by atoms with Crippen LogP contribution in [0.5, 0.6) is 11.5 Å². The first kappa shape index (κ1) is 28.2. The molecule has 1 unspecified atom stereocenters. The quantitative estimate of drug-likeness (QED) is 0.236. The van der Waals surface area contributed by atoms with Crippen LogP contribution in [0.15, 0.2) is 84.9 Å². The number of carboxylic acids is 1. The lowest BCUT2D eigenvalue weighted by Crippen LogP contribution is -2.41. The van der Waals surface area contributed by atoms with Gasteiger partial charge in [-0.15, -0.1) is 0 Å². The third kappa shape index (κ3) is 8.58. The van der Waals surface area contributed by atoms with Crippen molar-refractivity contribution in [2.24, 2.45) is 5.92 Å². The highest BCUT2D eigenvalue weighted by atomic mass is 16.5. The molecular formula is C31H36N2O6. The molecule has 0 spiro atoms. The minimum absolute atomic E-state index is 0.0386. The molecule has 5 rings (SSSR count). The molecule has 4 aromatic rings. The third-order valence-electron chi connectivity index (χ3n) is 6.71. The number of benzene rings is 3. The highest BCUT2D eigenvalue weighted by Gasteiger charge is 2.22. The van der Waals surface area contributed by atoms with Crippen molar-refractivity contribution in [1.29, 1.82) is 0 Å². The highest BCUT2D eigenvalue weighted by Crippen LogP contribution is 2.27. The number of carboxylic acid groups (broad SMARTS) is 1. The number of fused-ring (bicyclic) bond motifs is 1. The molecule has 1 fully saturated rings. The van der Waals surface area contributed by atoms with Gasteiger partial charge < -0.3 is 34.7 Å². The van der Waals surface area contributed by atoms with Gasteiger partial charge in [-0.1, -0.05) is 42.5 Å². The van der Waals surface area contributed by atoms with Crippen LogP contribution < -0.4 is 9.47 Å². The molecule has 1 saturated heterocycles. The number of aliphatic hydroxyl groups is 2. The van der Waals surface area contributed by atoms with Gasteiger partial charge >= 0.3 is 5.97 Å². The number of ether oxygens (including phenoxy) is 2. The van der Waals surface area contributed by atoms with Crippen LogP contribution in [0.25, 0.3) is 10.9 Å². The van der Waals surface area contributed by atoms with E-state index in [0.29, 0.717) is 18.0 Å². The molecule has 8 nitrogen and oxygen atoms in total. The number of aromatic carboxylic acids is 1. The molecule has 1 aliphatic heterocycles. The Morgan fingerprint density at radius 1 is 0.949 bits per heavy atom. The molecule has 1 atom stereocenters. The van der Waals surface area contributed by atoms with Gasteiger partial charge in [0.2, 0.25) is 0 Å². The number of nitrogens with one attached hydrogen (secondary N) is 1. The third-order valence-corrected chi connectivity index (χ3v) is 6.71. The second-order valence-electron chi connectivity index (χ2n) is 9.67. The number of β-amino-alcohol motifs (C(OH)–C–C–N with tert-alkyl or cyclic N) is 1. The smallest absolute Gasteiger partial charge is 0.335 e. The van der Waals surface area contributed by atoms with E-state index in [1.807, 2.05) is 54.6 Å². The highest BCUT2D eigenvalue weighted by molar-refractivity contribution is 5.87. The lowest BCUT2D eigenvalue weighted by molar-refractivity contribution is 0.0507. The molecule has 1 aromatic heterocycles. The maximum absolute atomic E-state index is 10.5. The molecule has 0 bridgehead atoms. The predicted octanol–water partition coefficient (Wildman–Crippen LogP) is 4.58. The van der Waals surface area contributed by atoms with Gasteiger partial charge in [-0.3, -0.25) is 0 Å². The van der Waals surface area contributed by atoms with Crippen molar-refractivity contribution in [1.82, 2.24) is 9.88 Å². The fraction of sp³-hybridized carbons (Fsp3) is 0.323. The summed E-state index contributed by atoms with van der Waals surface area (Å²) >= 11 is 0. The maximum Gasteiger partial charge on any atom is 0.335 e. The van der Waals surface area contributed by atoms with Crippen molar-refractivity contribution in [3.63, 3.8) is 0 Å². The lowest BCUT2D eigenvalue weighted by atomic mass is 9.97. The summed E-state index contributed by atoms with van der Waals surface area (Å²) < 4.78 is 11.8. The van der Waals surface area contributed by atoms with Gasteiger partial charge in [0.1, 0.15) is 24.2 Å². The molecule has 3 aromatic carbocycles. The molecule has 0 amide bonds. The van der Waals surface area contributed by atoms with E-state index < -0.39 is 12.1 Å². The van der Waals surface area contributed by atoms with Crippen molar-refractivity contribution < 1.29 is 29.6 Å². The van der Waals surface area contributed by atoms with Crippen LogP contribution in [-0.4, -0.2) is 70.1 Å². The van der Waals surface area contributed by atoms with E-state index in [2.05, 4.69) is 9.88 Å². The minimum atomic E-state index is -0.879. The Morgan fingerprint density at radius 3 is 2.28 bits per heavy atom. The van der Waals surface area contributed by atoms with E-state index >= 15 is 0 Å². The average Bonchev–Trinajstić information content (AvgIpc) is 3.41. The van der Waals surface area contributed by atoms with E-state index in [1.54, 1.807) is 30.3 Å². The number of piperidine rings is 1. The minimum Gasteiger partial charge on any atom is -0.493 e. The Hall–Kier alpha value is -3.85. The zero-order chi connectivity index (χ0) is 27.5. The number of aliphatic hydroxyl groups excluding tert-OH is 2. The van der Waals surface area contributed by atoms with Crippen molar-refractivity contribution >= 4 is 16.9 Å². The van der Waals surface area contributed by atoms with E-state index in [0.717, 1.165) is 60.6 Å².